The molecule has 0 spiro atoms. The summed E-state index contributed by atoms with van der Waals surface area (Å²) >= 11 is 1.46. The quantitative estimate of drug-likeness (QED) is 0.906. The molecule has 17 heavy (non-hydrogen) atoms. The Hall–Kier alpha value is -1.40. The minimum atomic E-state index is -0.347. The fraction of sp³-hybridized carbons (Fsp3) is 0.364. The van der Waals surface area contributed by atoms with E-state index in [1.807, 2.05) is 0 Å². The van der Waals surface area contributed by atoms with Crippen LogP contribution in [-0.2, 0) is 6.54 Å². The summed E-state index contributed by atoms with van der Waals surface area (Å²) in [6, 6.07) is 3.39. The van der Waals surface area contributed by atoms with Crippen LogP contribution in [0.5, 0.6) is 0 Å². The van der Waals surface area contributed by atoms with Gasteiger partial charge in [0.1, 0.15) is 16.5 Å². The smallest absolute Gasteiger partial charge is 0.166 e. The molecule has 0 saturated carbocycles. The summed E-state index contributed by atoms with van der Waals surface area (Å²) in [5.41, 5.74) is 0.652. The third-order valence-electron chi connectivity index (χ3n) is 2.07. The number of rotatable bonds is 4. The molecule has 2 heterocycles. The molecule has 0 bridgehead atoms. The molecule has 4 nitrogen and oxygen atoms in total. The Morgan fingerprint density at radius 1 is 1.35 bits per heavy atom. The molecular formula is C11H13FN4S. The predicted octanol–water partition coefficient (Wildman–Crippen LogP) is 2.24. The van der Waals surface area contributed by atoms with Gasteiger partial charge >= 0.3 is 0 Å². The molecule has 0 atom stereocenters. The molecule has 2 rings (SSSR count). The second-order valence-electron chi connectivity index (χ2n) is 3.90. The van der Waals surface area contributed by atoms with E-state index < -0.39 is 0 Å². The van der Waals surface area contributed by atoms with Crippen LogP contribution in [0.1, 0.15) is 18.9 Å². The zero-order valence-corrected chi connectivity index (χ0v) is 10.5. The van der Waals surface area contributed by atoms with E-state index >= 15 is 0 Å². The van der Waals surface area contributed by atoms with Crippen LogP contribution in [0.15, 0.2) is 18.3 Å². The molecular weight excluding hydrogens is 239 g/mol. The van der Waals surface area contributed by atoms with E-state index in [0.717, 1.165) is 5.01 Å². The molecule has 0 radical (unpaired) electrons. The zero-order chi connectivity index (χ0) is 12.3. The van der Waals surface area contributed by atoms with Crippen molar-refractivity contribution in [2.24, 2.45) is 0 Å². The van der Waals surface area contributed by atoms with Crippen LogP contribution in [0.2, 0.25) is 0 Å². The van der Waals surface area contributed by atoms with Gasteiger partial charge in [-0.15, -0.1) is 10.2 Å². The highest BCUT2D eigenvalue weighted by Gasteiger charge is 2.08. The van der Waals surface area contributed by atoms with Gasteiger partial charge in [-0.25, -0.2) is 4.39 Å². The lowest BCUT2D eigenvalue weighted by Crippen LogP contribution is -2.21. The molecule has 0 fully saturated rings. The highest BCUT2D eigenvalue weighted by molar-refractivity contribution is 7.14. The lowest BCUT2D eigenvalue weighted by molar-refractivity contribution is 0.585. The molecule has 0 unspecified atom stereocenters. The van der Waals surface area contributed by atoms with Crippen LogP contribution in [0.3, 0.4) is 0 Å². The number of hydrogen-bond acceptors (Lipinski definition) is 5. The van der Waals surface area contributed by atoms with Gasteiger partial charge in [0.25, 0.3) is 0 Å². The van der Waals surface area contributed by atoms with Crippen molar-refractivity contribution in [2.45, 2.75) is 26.4 Å². The van der Waals surface area contributed by atoms with Crippen molar-refractivity contribution in [1.82, 2.24) is 20.5 Å². The van der Waals surface area contributed by atoms with E-state index in [0.29, 0.717) is 23.3 Å². The Balaban J connectivity index is 2.10. The van der Waals surface area contributed by atoms with Crippen LogP contribution in [-0.4, -0.2) is 21.2 Å². The van der Waals surface area contributed by atoms with Crippen molar-refractivity contribution in [3.8, 4) is 10.7 Å². The lowest BCUT2D eigenvalue weighted by Gasteiger charge is -2.03. The number of nitrogens with one attached hydrogen (secondary N) is 1. The van der Waals surface area contributed by atoms with E-state index in [-0.39, 0.29) is 5.82 Å². The van der Waals surface area contributed by atoms with Gasteiger partial charge in [0.15, 0.2) is 5.01 Å². The maximum Gasteiger partial charge on any atom is 0.166 e. The van der Waals surface area contributed by atoms with E-state index in [2.05, 4.69) is 34.3 Å². The molecule has 2 aromatic heterocycles. The van der Waals surface area contributed by atoms with Gasteiger partial charge < -0.3 is 5.32 Å². The van der Waals surface area contributed by atoms with Crippen molar-refractivity contribution in [3.05, 3.63) is 29.2 Å². The number of hydrogen-bond donors (Lipinski definition) is 1. The Morgan fingerprint density at radius 2 is 2.18 bits per heavy atom. The summed E-state index contributed by atoms with van der Waals surface area (Å²) in [6.07, 6.45) is 1.18. The molecule has 0 amide bonds. The average Bonchev–Trinajstić information content (AvgIpc) is 2.76. The molecule has 0 aliphatic rings. The topological polar surface area (TPSA) is 50.7 Å². The third-order valence-corrected chi connectivity index (χ3v) is 3.02. The molecule has 0 aromatic carbocycles. The summed E-state index contributed by atoms with van der Waals surface area (Å²) in [5.74, 6) is -0.347. The summed E-state index contributed by atoms with van der Waals surface area (Å²) < 4.78 is 12.7. The van der Waals surface area contributed by atoms with Crippen LogP contribution >= 0.6 is 11.3 Å². The molecule has 0 aliphatic carbocycles. The van der Waals surface area contributed by atoms with Crippen molar-refractivity contribution >= 4 is 11.3 Å². The van der Waals surface area contributed by atoms with E-state index in [4.69, 9.17) is 0 Å². The van der Waals surface area contributed by atoms with Gasteiger partial charge in [-0.2, -0.15) is 0 Å². The maximum atomic E-state index is 12.7. The maximum absolute atomic E-state index is 12.7. The molecule has 1 N–H and O–H groups in total. The number of nitrogens with zero attached hydrogens (tertiary/aromatic N) is 3. The highest BCUT2D eigenvalue weighted by Crippen LogP contribution is 2.21. The minimum Gasteiger partial charge on any atom is -0.308 e. The zero-order valence-electron chi connectivity index (χ0n) is 9.64. The largest absolute Gasteiger partial charge is 0.308 e. The van der Waals surface area contributed by atoms with E-state index in [1.54, 1.807) is 6.07 Å². The van der Waals surface area contributed by atoms with Gasteiger partial charge in [0, 0.05) is 12.6 Å². The summed E-state index contributed by atoms with van der Waals surface area (Å²) in [4.78, 5) is 3.97. The first-order valence-corrected chi connectivity index (χ1v) is 6.14. The van der Waals surface area contributed by atoms with Gasteiger partial charge in [0.2, 0.25) is 0 Å². The normalized spacial score (nSPS) is 11.1. The van der Waals surface area contributed by atoms with Gasteiger partial charge in [-0.3, -0.25) is 4.98 Å². The van der Waals surface area contributed by atoms with Crippen LogP contribution < -0.4 is 5.32 Å². The fourth-order valence-electron chi connectivity index (χ4n) is 1.22. The average molecular weight is 252 g/mol. The Bertz CT molecular complexity index is 480. The van der Waals surface area contributed by atoms with Crippen molar-refractivity contribution in [1.29, 1.82) is 0 Å². The first-order chi connectivity index (χ1) is 8.15. The Morgan fingerprint density at radius 3 is 2.82 bits per heavy atom. The second-order valence-corrected chi connectivity index (χ2v) is 4.96. The monoisotopic (exact) mass is 252 g/mol. The number of halogens is 1. The van der Waals surface area contributed by atoms with Gasteiger partial charge in [-0.05, 0) is 12.1 Å². The Labute approximate surface area is 103 Å². The van der Waals surface area contributed by atoms with Crippen molar-refractivity contribution < 1.29 is 4.39 Å². The highest BCUT2D eigenvalue weighted by atomic mass is 32.1. The Kier molecular flexibility index (Phi) is 3.75. The number of pyridine rings is 1. The standard InChI is InChI=1S/C11H13FN4S/c1-7(2)13-6-10-15-16-11(17-10)9-4-3-8(12)5-14-9/h3-5,7,13H,6H2,1-2H3. The van der Waals surface area contributed by atoms with Gasteiger partial charge in [-0.1, -0.05) is 25.2 Å². The summed E-state index contributed by atoms with van der Waals surface area (Å²) in [7, 11) is 0. The first kappa shape index (κ1) is 12.1. The van der Waals surface area contributed by atoms with Crippen LogP contribution in [0, 0.1) is 5.82 Å². The summed E-state index contributed by atoms with van der Waals surface area (Å²) in [6.45, 7) is 4.84. The van der Waals surface area contributed by atoms with Crippen molar-refractivity contribution in [3.63, 3.8) is 0 Å². The van der Waals surface area contributed by atoms with Crippen LogP contribution in [0.4, 0.5) is 4.39 Å². The third kappa shape index (κ3) is 3.28. The minimum absolute atomic E-state index is 0.347. The molecule has 2 aromatic rings. The molecule has 0 aliphatic heterocycles. The SMILES string of the molecule is CC(C)NCc1nnc(-c2ccc(F)cn2)s1. The van der Waals surface area contributed by atoms with Crippen LogP contribution in [0.25, 0.3) is 10.7 Å². The molecule has 90 valence electrons. The molecule has 6 heteroatoms. The van der Waals surface area contributed by atoms with E-state index in [9.17, 15) is 4.39 Å². The second kappa shape index (κ2) is 5.29. The van der Waals surface area contributed by atoms with Gasteiger partial charge in [0.05, 0.1) is 6.20 Å². The predicted molar refractivity (Wildman–Crippen MR) is 65.1 cm³/mol. The molecule has 0 saturated heterocycles. The van der Waals surface area contributed by atoms with E-state index in [1.165, 1.54) is 23.6 Å². The van der Waals surface area contributed by atoms with Crippen molar-refractivity contribution in [2.75, 3.05) is 0 Å². The number of aromatic nitrogens is 3. The fourth-order valence-corrected chi connectivity index (χ4v) is 1.99. The summed E-state index contributed by atoms with van der Waals surface area (Å²) in [5, 5.41) is 13.0. The lowest BCUT2D eigenvalue weighted by atomic mass is 10.4. The first-order valence-electron chi connectivity index (χ1n) is 5.33.